The van der Waals surface area contributed by atoms with E-state index in [0.717, 1.165) is 30.5 Å². The largest absolute Gasteiger partial charge is 0 e. The average Bonchev–Trinajstić information content (AvgIpc) is 3.74. The molecule has 49 heavy (non-hydrogen) atoms. The monoisotopic (exact) mass is 776 g/mol. The smallest absolute Gasteiger partial charge is 0 e. The maximum Gasteiger partial charge on any atom is 0 e. The summed E-state index contributed by atoms with van der Waals surface area (Å²) in [6.07, 6.45) is 3.85. The third kappa shape index (κ3) is 23.2. The first-order valence-electron chi connectivity index (χ1n) is 13.4. The van der Waals surface area contributed by atoms with Gasteiger partial charge in [-0.25, -0.2) is 4.79 Å². The van der Waals surface area contributed by atoms with Crippen molar-refractivity contribution in [1.82, 2.24) is 9.96 Å². The summed E-state index contributed by atoms with van der Waals surface area (Å²) in [5.74, 6) is 0.343. The summed E-state index contributed by atoms with van der Waals surface area (Å²) in [5.41, 5.74) is 1.84. The molecule has 2 heterocycles. The number of carbonyl (C=O) groups excluding carboxylic acids is 2. The molecule has 2 aromatic rings. The molecular formula is C34H36Fe2N2O10S-2. The standard InChI is InChI=1S/C18H18NO2.C10H19NO2S.6CO.2Fe/c1-14-17(13-20)18(16-10-6-3-7-11-16)19(21-14)12-15-8-4-2-5-9-15;1-10(2,3)13-9(12)11-6-4-5-8(11)7-14;6*1-2;;/h2-11,14,17-18H,12H2,1H3;8,14H,4-7H2,1-3H3;;;;;;;;/q-1;;;;;;;;;/p-1/t14-,17-,18+;8-;;;;;;;;/m00......../s1. The maximum atomic E-state index is 11.7. The van der Waals surface area contributed by atoms with Gasteiger partial charge in [0.05, 0.1) is 6.10 Å². The Balaban J connectivity index is -0.000000145. The van der Waals surface area contributed by atoms with Gasteiger partial charge >= 0.3 is 73.9 Å². The Morgan fingerprint density at radius 2 is 1.33 bits per heavy atom. The Hall–Kier alpha value is -2.87. The van der Waals surface area contributed by atoms with Crippen LogP contribution >= 0.6 is 0 Å². The molecule has 0 aromatic heterocycles. The van der Waals surface area contributed by atoms with Crippen molar-refractivity contribution in [2.24, 2.45) is 5.92 Å². The number of hydrogen-bond acceptors (Lipinski definition) is 6. The van der Waals surface area contributed by atoms with Crippen LogP contribution in [0.25, 0.3) is 0 Å². The van der Waals surface area contributed by atoms with E-state index in [9.17, 15) is 9.59 Å². The summed E-state index contributed by atoms with van der Waals surface area (Å²) < 4.78 is 50.3. The minimum Gasteiger partial charge on any atom is 0 e. The molecule has 2 fully saturated rings. The number of amides is 1. The third-order valence-electron chi connectivity index (χ3n) is 6.11. The zero-order chi connectivity index (χ0) is 37.4. The van der Waals surface area contributed by atoms with Gasteiger partial charge in [0.15, 0.2) is 0 Å². The molecule has 15 heteroatoms. The van der Waals surface area contributed by atoms with E-state index < -0.39 is 5.60 Å². The molecule has 0 saturated carbocycles. The van der Waals surface area contributed by atoms with E-state index in [1.165, 1.54) is 0 Å². The van der Waals surface area contributed by atoms with Crippen molar-refractivity contribution in [3.05, 3.63) is 112 Å². The molecular weight excluding hydrogens is 740 g/mol. The molecule has 2 saturated heterocycles. The Kier molecular flexibility index (Phi) is 45.2. The summed E-state index contributed by atoms with van der Waals surface area (Å²) in [5, 5.41) is 1.91. The van der Waals surface area contributed by atoms with Crippen LogP contribution in [0.3, 0.4) is 0 Å². The van der Waals surface area contributed by atoms with Gasteiger partial charge in [-0.05, 0) is 51.7 Å². The van der Waals surface area contributed by atoms with Gasteiger partial charge in [-0.1, -0.05) is 66.6 Å². The van der Waals surface area contributed by atoms with Gasteiger partial charge in [0.25, 0.3) is 0 Å². The average molecular weight is 776 g/mol. The molecule has 266 valence electrons. The van der Waals surface area contributed by atoms with Crippen LogP contribution < -0.4 is 0 Å². The van der Waals surface area contributed by atoms with Gasteiger partial charge in [-0.2, -0.15) is 10.8 Å². The van der Waals surface area contributed by atoms with Crippen LogP contribution in [0, 0.1) is 45.8 Å². The van der Waals surface area contributed by atoms with Crippen LogP contribution in [0.5, 0.6) is 0 Å². The van der Waals surface area contributed by atoms with Crippen LogP contribution in [-0.2, 0) is 95.6 Å². The minimum atomic E-state index is -0.411. The van der Waals surface area contributed by atoms with Crippen LogP contribution in [0.1, 0.15) is 57.7 Å². The second kappa shape index (κ2) is 37.9. The van der Waals surface area contributed by atoms with Crippen LogP contribution in [0.4, 0.5) is 4.79 Å². The molecule has 0 radical (unpaired) electrons. The first-order chi connectivity index (χ1) is 22.7. The molecule has 0 aliphatic carbocycles. The van der Waals surface area contributed by atoms with E-state index in [0.29, 0.717) is 12.3 Å². The van der Waals surface area contributed by atoms with E-state index in [1.54, 1.807) is 4.90 Å². The number of rotatable bonds is 5. The van der Waals surface area contributed by atoms with Crippen molar-refractivity contribution in [3.63, 3.8) is 0 Å². The van der Waals surface area contributed by atoms with E-state index >= 15 is 0 Å². The summed E-state index contributed by atoms with van der Waals surface area (Å²) in [7, 11) is 0. The normalized spacial score (nSPS) is 17.8. The molecule has 0 spiro atoms. The zero-order valence-corrected chi connectivity index (χ0v) is 30.2. The number of hydrogen-bond donors (Lipinski definition) is 0. The van der Waals surface area contributed by atoms with Crippen molar-refractivity contribution in [1.29, 1.82) is 0 Å². The molecule has 12 nitrogen and oxygen atoms in total. The fourth-order valence-corrected chi connectivity index (χ4v) is 4.78. The number of hydroxylamine groups is 2. The summed E-state index contributed by atoms with van der Waals surface area (Å²) >= 11 is 5.00. The number of benzene rings is 2. The molecule has 0 bridgehead atoms. The van der Waals surface area contributed by atoms with Crippen LogP contribution in [0.15, 0.2) is 60.7 Å². The predicted octanol–water partition coefficient (Wildman–Crippen LogP) is 4.99. The second-order valence-corrected chi connectivity index (χ2v) is 10.3. The predicted molar refractivity (Wildman–Crippen MR) is 163 cm³/mol. The fraction of sp³-hybridized carbons (Fsp3) is 0.412. The van der Waals surface area contributed by atoms with E-state index in [4.69, 9.17) is 50.1 Å². The van der Waals surface area contributed by atoms with Crippen molar-refractivity contribution in [2.45, 2.75) is 70.9 Å². The minimum absolute atomic E-state index is 0. The van der Waals surface area contributed by atoms with Gasteiger partial charge in [0, 0.05) is 59.3 Å². The van der Waals surface area contributed by atoms with E-state index in [-0.39, 0.29) is 64.3 Å². The third-order valence-corrected chi connectivity index (χ3v) is 6.50. The van der Waals surface area contributed by atoms with E-state index in [2.05, 4.69) is 58.3 Å². The maximum absolute atomic E-state index is 11.7. The van der Waals surface area contributed by atoms with Gasteiger partial charge in [0.2, 0.25) is 0 Å². The zero-order valence-electron chi connectivity index (χ0n) is 27.2. The Morgan fingerprint density at radius 1 is 0.878 bits per heavy atom. The Labute approximate surface area is 315 Å². The quantitative estimate of drug-likeness (QED) is 0.179. The molecule has 2 aliphatic heterocycles. The van der Waals surface area contributed by atoms with Crippen LogP contribution in [-0.4, -0.2) is 52.4 Å². The van der Waals surface area contributed by atoms with Gasteiger partial charge < -0.3 is 27.1 Å². The summed E-state index contributed by atoms with van der Waals surface area (Å²) in [4.78, 5) is 30.7. The molecule has 2 aromatic carbocycles. The van der Waals surface area contributed by atoms with Crippen molar-refractivity contribution in [2.75, 3.05) is 12.3 Å². The van der Waals surface area contributed by atoms with Crippen molar-refractivity contribution < 1.29 is 81.2 Å². The molecule has 4 atom stereocenters. The van der Waals surface area contributed by atoms with Crippen molar-refractivity contribution >= 4 is 25.0 Å². The summed E-state index contributed by atoms with van der Waals surface area (Å²) in [6, 6.07) is 20.3. The van der Waals surface area contributed by atoms with Gasteiger partial charge in [-0.15, -0.1) is 0 Å². The first kappa shape index (κ1) is 58.3. The molecule has 2 aliphatic rings. The summed E-state index contributed by atoms with van der Waals surface area (Å²) in [6.45, 7) is 36.0. The first-order valence-corrected chi connectivity index (χ1v) is 14.0. The van der Waals surface area contributed by atoms with Crippen LogP contribution in [0.2, 0.25) is 0 Å². The number of ether oxygens (including phenoxy) is 1. The number of carbonyl (C=O) groups is 1. The number of likely N-dealkylation sites (tertiary alicyclic amines) is 1. The van der Waals surface area contributed by atoms with Gasteiger partial charge in [-0.3, -0.25) is 11.1 Å². The Bertz CT molecular complexity index is 1170. The molecule has 0 unspecified atom stereocenters. The van der Waals surface area contributed by atoms with E-state index in [1.807, 2.05) is 81.3 Å². The van der Waals surface area contributed by atoms with Crippen molar-refractivity contribution in [3.8, 4) is 0 Å². The fourth-order valence-electron chi connectivity index (χ4n) is 4.43. The second-order valence-electron chi connectivity index (χ2n) is 10.0. The Morgan fingerprint density at radius 3 is 1.73 bits per heavy atom. The topological polar surface area (TPSA) is 178 Å². The molecule has 1 amide bonds. The number of nitrogens with zero attached hydrogens (tertiary/aromatic N) is 2. The molecule has 0 N–H and O–H groups in total. The SMILES string of the molecule is CC(C)(C)OC(=O)N1CCC[C@H]1C[S-].C[C@@H]1ON(Cc2ccccc2)[C@H](c2ccccc2)[C@H]1[C-]=O.[C-]#[O+].[C-]#[O+].[C-]#[O+].[C-]#[O+].[C-]#[O+].[C-]#[O+].[Fe].[Fe]. The molecule has 4 rings (SSSR count). The van der Waals surface area contributed by atoms with Gasteiger partial charge in [0.1, 0.15) is 5.60 Å².